The Morgan fingerprint density at radius 2 is 1.81 bits per heavy atom. The fourth-order valence-corrected chi connectivity index (χ4v) is 4.30. The Kier molecular flexibility index (Phi) is 7.38. The molecule has 0 spiro atoms. The molecule has 27 heavy (non-hydrogen) atoms. The van der Waals surface area contributed by atoms with Gasteiger partial charge in [-0.1, -0.05) is 25.8 Å². The summed E-state index contributed by atoms with van der Waals surface area (Å²) in [5.74, 6) is -0.760. The molecule has 1 aromatic rings. The van der Waals surface area contributed by atoms with Gasteiger partial charge in [-0.2, -0.15) is 0 Å². The van der Waals surface area contributed by atoms with Crippen molar-refractivity contribution in [3.8, 4) is 0 Å². The first-order chi connectivity index (χ1) is 12.7. The van der Waals surface area contributed by atoms with Crippen LogP contribution in [0.2, 0.25) is 0 Å². The van der Waals surface area contributed by atoms with Gasteiger partial charge in [0.25, 0.3) is 5.91 Å². The van der Waals surface area contributed by atoms with Gasteiger partial charge in [-0.3, -0.25) is 9.59 Å². The minimum absolute atomic E-state index is 0.0204. The zero-order chi connectivity index (χ0) is 20.0. The maximum absolute atomic E-state index is 12.5. The molecule has 0 radical (unpaired) electrons. The molecular formula is C19H29N3O4S. The van der Waals surface area contributed by atoms with Crippen LogP contribution in [0.1, 0.15) is 63.2 Å². The minimum atomic E-state index is -3.67. The SMILES string of the molecule is CCC(C)NC(=O)C(C)NC(=O)c1cccc(S(=O)(=O)NC2CCCC2)c1. The Balaban J connectivity index is 2.05. The van der Waals surface area contributed by atoms with Crippen LogP contribution in [-0.4, -0.2) is 38.4 Å². The van der Waals surface area contributed by atoms with Crippen LogP contribution in [-0.2, 0) is 14.8 Å². The van der Waals surface area contributed by atoms with Gasteiger partial charge in [0.05, 0.1) is 4.90 Å². The van der Waals surface area contributed by atoms with Crippen molar-refractivity contribution in [1.82, 2.24) is 15.4 Å². The molecular weight excluding hydrogens is 366 g/mol. The van der Waals surface area contributed by atoms with E-state index in [0.717, 1.165) is 32.1 Å². The van der Waals surface area contributed by atoms with Gasteiger partial charge >= 0.3 is 0 Å². The van der Waals surface area contributed by atoms with Crippen molar-refractivity contribution in [3.05, 3.63) is 29.8 Å². The lowest BCUT2D eigenvalue weighted by molar-refractivity contribution is -0.123. The Morgan fingerprint density at radius 1 is 1.15 bits per heavy atom. The fourth-order valence-electron chi connectivity index (χ4n) is 2.95. The molecule has 1 fully saturated rings. The second kappa shape index (κ2) is 9.32. The summed E-state index contributed by atoms with van der Waals surface area (Å²) in [6.45, 7) is 5.44. The first-order valence-corrected chi connectivity index (χ1v) is 10.9. The molecule has 1 aliphatic rings. The van der Waals surface area contributed by atoms with E-state index in [1.807, 2.05) is 13.8 Å². The summed E-state index contributed by atoms with van der Waals surface area (Å²) in [7, 11) is -3.67. The first-order valence-electron chi connectivity index (χ1n) is 9.46. The van der Waals surface area contributed by atoms with E-state index < -0.39 is 22.0 Å². The molecule has 2 amide bonds. The van der Waals surface area contributed by atoms with Crippen molar-refractivity contribution in [3.63, 3.8) is 0 Å². The van der Waals surface area contributed by atoms with E-state index in [-0.39, 0.29) is 28.4 Å². The number of benzene rings is 1. The summed E-state index contributed by atoms with van der Waals surface area (Å²) in [6, 6.07) is 5.12. The van der Waals surface area contributed by atoms with Crippen molar-refractivity contribution in [2.75, 3.05) is 0 Å². The van der Waals surface area contributed by atoms with E-state index in [1.165, 1.54) is 24.3 Å². The van der Waals surface area contributed by atoms with Crippen molar-refractivity contribution < 1.29 is 18.0 Å². The highest BCUT2D eigenvalue weighted by atomic mass is 32.2. The van der Waals surface area contributed by atoms with Crippen molar-refractivity contribution in [2.24, 2.45) is 0 Å². The molecule has 3 N–H and O–H groups in total. The predicted molar refractivity (Wildman–Crippen MR) is 104 cm³/mol. The molecule has 0 aliphatic heterocycles. The summed E-state index contributed by atoms with van der Waals surface area (Å²) in [5.41, 5.74) is 0.201. The highest BCUT2D eigenvalue weighted by Gasteiger charge is 2.24. The van der Waals surface area contributed by atoms with E-state index in [0.29, 0.717) is 0 Å². The van der Waals surface area contributed by atoms with Crippen molar-refractivity contribution in [1.29, 1.82) is 0 Å². The van der Waals surface area contributed by atoms with Crippen molar-refractivity contribution >= 4 is 21.8 Å². The Morgan fingerprint density at radius 3 is 2.44 bits per heavy atom. The van der Waals surface area contributed by atoms with Gasteiger partial charge in [0.15, 0.2) is 0 Å². The number of amides is 2. The maximum Gasteiger partial charge on any atom is 0.251 e. The summed E-state index contributed by atoms with van der Waals surface area (Å²) in [5, 5.41) is 5.41. The van der Waals surface area contributed by atoms with Crippen LogP contribution in [0.25, 0.3) is 0 Å². The Bertz CT molecular complexity index is 773. The quantitative estimate of drug-likeness (QED) is 0.626. The third-order valence-electron chi connectivity index (χ3n) is 4.83. The van der Waals surface area contributed by atoms with Gasteiger partial charge in [-0.25, -0.2) is 13.1 Å². The van der Waals surface area contributed by atoms with E-state index in [4.69, 9.17) is 0 Å². The van der Waals surface area contributed by atoms with Crippen LogP contribution in [0, 0.1) is 0 Å². The third-order valence-corrected chi connectivity index (χ3v) is 6.34. The zero-order valence-electron chi connectivity index (χ0n) is 16.1. The molecule has 0 saturated heterocycles. The minimum Gasteiger partial charge on any atom is -0.352 e. The molecule has 1 aliphatic carbocycles. The molecule has 0 aromatic heterocycles. The molecule has 150 valence electrons. The highest BCUT2D eigenvalue weighted by molar-refractivity contribution is 7.89. The second-order valence-corrected chi connectivity index (χ2v) is 8.86. The third kappa shape index (κ3) is 6.04. The molecule has 7 nitrogen and oxygen atoms in total. The molecule has 2 rings (SSSR count). The number of hydrogen-bond donors (Lipinski definition) is 3. The van der Waals surface area contributed by atoms with Crippen LogP contribution < -0.4 is 15.4 Å². The molecule has 2 unspecified atom stereocenters. The van der Waals surface area contributed by atoms with Crippen LogP contribution in [0.4, 0.5) is 0 Å². The Labute approximate surface area is 161 Å². The van der Waals surface area contributed by atoms with Gasteiger partial charge in [-0.05, 0) is 51.3 Å². The van der Waals surface area contributed by atoms with Gasteiger partial charge in [-0.15, -0.1) is 0 Å². The van der Waals surface area contributed by atoms with Crippen molar-refractivity contribution in [2.45, 2.75) is 75.9 Å². The fraction of sp³-hybridized carbons (Fsp3) is 0.579. The molecule has 0 bridgehead atoms. The largest absolute Gasteiger partial charge is 0.352 e. The first kappa shape index (κ1) is 21.4. The number of nitrogens with one attached hydrogen (secondary N) is 3. The van der Waals surface area contributed by atoms with E-state index in [9.17, 15) is 18.0 Å². The van der Waals surface area contributed by atoms with Crippen LogP contribution in [0.15, 0.2) is 29.2 Å². The summed E-state index contributed by atoms with van der Waals surface area (Å²) in [6.07, 6.45) is 4.50. The average molecular weight is 396 g/mol. The lowest BCUT2D eigenvalue weighted by Gasteiger charge is -2.18. The van der Waals surface area contributed by atoms with Gasteiger partial charge in [0.1, 0.15) is 6.04 Å². The maximum atomic E-state index is 12.5. The highest BCUT2D eigenvalue weighted by Crippen LogP contribution is 2.20. The number of sulfonamides is 1. The summed E-state index contributed by atoms with van der Waals surface area (Å²) >= 11 is 0. The molecule has 2 atom stereocenters. The smallest absolute Gasteiger partial charge is 0.251 e. The normalized spacial score (nSPS) is 17.3. The van der Waals surface area contributed by atoms with Gasteiger partial charge in [0.2, 0.25) is 15.9 Å². The number of hydrogen-bond acceptors (Lipinski definition) is 4. The Hall–Kier alpha value is -1.93. The van der Waals surface area contributed by atoms with E-state index >= 15 is 0 Å². The van der Waals surface area contributed by atoms with Crippen LogP contribution >= 0.6 is 0 Å². The number of carbonyl (C=O) groups excluding carboxylic acids is 2. The zero-order valence-corrected chi connectivity index (χ0v) is 16.9. The summed E-state index contributed by atoms with van der Waals surface area (Å²) < 4.78 is 27.8. The number of carbonyl (C=O) groups is 2. The predicted octanol–water partition coefficient (Wildman–Crippen LogP) is 1.94. The lowest BCUT2D eigenvalue weighted by Crippen LogP contribution is -2.47. The lowest BCUT2D eigenvalue weighted by atomic mass is 10.2. The van der Waals surface area contributed by atoms with Crippen LogP contribution in [0.5, 0.6) is 0 Å². The second-order valence-electron chi connectivity index (χ2n) is 7.14. The standard InChI is InChI=1S/C19H29N3O4S/c1-4-13(2)20-18(23)14(3)21-19(24)15-8-7-11-17(12-15)27(25,26)22-16-9-5-6-10-16/h7-8,11-14,16,22H,4-6,9-10H2,1-3H3,(H,20,23)(H,21,24). The van der Waals surface area contributed by atoms with E-state index in [1.54, 1.807) is 6.92 Å². The van der Waals surface area contributed by atoms with E-state index in [2.05, 4.69) is 15.4 Å². The number of rotatable bonds is 8. The molecule has 1 saturated carbocycles. The topological polar surface area (TPSA) is 104 Å². The molecule has 8 heteroatoms. The molecule has 1 aromatic carbocycles. The van der Waals surface area contributed by atoms with Crippen LogP contribution in [0.3, 0.4) is 0 Å². The summed E-state index contributed by atoms with van der Waals surface area (Å²) in [4.78, 5) is 24.6. The monoisotopic (exact) mass is 395 g/mol. The van der Waals surface area contributed by atoms with Gasteiger partial charge < -0.3 is 10.6 Å². The van der Waals surface area contributed by atoms with Gasteiger partial charge in [0, 0.05) is 17.6 Å². The molecule has 0 heterocycles. The average Bonchev–Trinajstić information content (AvgIpc) is 3.13.